The number of benzene rings is 2. The fourth-order valence-corrected chi connectivity index (χ4v) is 2.14. The van der Waals surface area contributed by atoms with Crippen LogP contribution < -0.4 is 9.47 Å². The van der Waals surface area contributed by atoms with Crippen LogP contribution in [0.25, 0.3) is 0 Å². The van der Waals surface area contributed by atoms with Crippen LogP contribution in [0.5, 0.6) is 23.1 Å². The molecule has 0 saturated heterocycles. The average molecular weight is 380 g/mol. The normalized spacial score (nSPS) is 9.83. The second-order valence-corrected chi connectivity index (χ2v) is 5.16. The molecule has 0 amide bonds. The van der Waals surface area contributed by atoms with Crippen LogP contribution in [0.4, 0.5) is 0 Å². The van der Waals surface area contributed by atoms with Crippen LogP contribution in [0, 0.1) is 0 Å². The van der Waals surface area contributed by atoms with Gasteiger partial charge in [-0.25, -0.2) is 4.98 Å². The van der Waals surface area contributed by atoms with Crippen molar-refractivity contribution in [3.05, 3.63) is 76.9 Å². The van der Waals surface area contributed by atoms with Gasteiger partial charge in [0.05, 0.1) is 5.02 Å². The van der Waals surface area contributed by atoms with E-state index in [1.165, 1.54) is 0 Å². The fraction of sp³-hybridized carbons (Fsp3) is 0. The van der Waals surface area contributed by atoms with Crippen molar-refractivity contribution in [2.75, 3.05) is 0 Å². The molecule has 3 nitrogen and oxygen atoms in total. The molecular weight excluding hydrogens is 369 g/mol. The number of nitrogens with zero attached hydrogens (tertiary/aromatic N) is 1. The molecule has 0 unspecified atom stereocenters. The van der Waals surface area contributed by atoms with E-state index >= 15 is 0 Å². The second kappa shape index (κ2) is 8.37. The molecule has 23 heavy (non-hydrogen) atoms. The minimum atomic E-state index is 0. The molecule has 6 heteroatoms. The Hall–Kier alpha value is -1.52. The zero-order valence-corrected chi connectivity index (χ0v) is 14.9. The summed E-state index contributed by atoms with van der Waals surface area (Å²) >= 11 is 12.1. The van der Waals surface area contributed by atoms with Crippen LogP contribution in [0.3, 0.4) is 0 Å². The molecular formula is C17H11Cl2NO2Ti. The summed E-state index contributed by atoms with van der Waals surface area (Å²) in [6.45, 7) is 0. The minimum Gasteiger partial charge on any atom is -0.452 e. The maximum Gasteiger partial charge on any atom is 0.263 e. The standard InChI is InChI=1S/C17H11Cl2NO2.Ti/c18-13-8-4-9-14(16(13)19)22-17-15(10-5-11-20-17)21-12-6-2-1-3-7-12;/h1-11H;. The van der Waals surface area contributed by atoms with Crippen LogP contribution in [0.1, 0.15) is 0 Å². The summed E-state index contributed by atoms with van der Waals surface area (Å²) < 4.78 is 11.5. The van der Waals surface area contributed by atoms with Gasteiger partial charge in [0.2, 0.25) is 0 Å². The molecule has 3 rings (SSSR count). The Kier molecular flexibility index (Phi) is 6.49. The van der Waals surface area contributed by atoms with E-state index in [4.69, 9.17) is 32.7 Å². The van der Waals surface area contributed by atoms with Crippen LogP contribution in [-0.4, -0.2) is 4.98 Å². The van der Waals surface area contributed by atoms with E-state index in [9.17, 15) is 0 Å². The minimum absolute atomic E-state index is 0. The number of hydrogen-bond acceptors (Lipinski definition) is 3. The summed E-state index contributed by atoms with van der Waals surface area (Å²) in [5.74, 6) is 1.92. The number of hydrogen-bond donors (Lipinski definition) is 0. The van der Waals surface area contributed by atoms with Crippen LogP contribution in [-0.2, 0) is 21.7 Å². The predicted molar refractivity (Wildman–Crippen MR) is 87.3 cm³/mol. The van der Waals surface area contributed by atoms with E-state index in [0.717, 1.165) is 0 Å². The zero-order chi connectivity index (χ0) is 15.4. The Balaban J connectivity index is 0.00000192. The first-order chi connectivity index (χ1) is 10.7. The number of pyridine rings is 1. The number of ether oxygens (including phenoxy) is 2. The van der Waals surface area contributed by atoms with Gasteiger partial charge in [0.1, 0.15) is 16.5 Å². The Morgan fingerprint density at radius 3 is 2.26 bits per heavy atom. The largest absolute Gasteiger partial charge is 0.452 e. The molecule has 0 atom stereocenters. The van der Waals surface area contributed by atoms with E-state index in [0.29, 0.717) is 33.2 Å². The van der Waals surface area contributed by atoms with Gasteiger partial charge in [-0.1, -0.05) is 47.5 Å². The Bertz CT molecular complexity index is 785. The molecule has 0 spiro atoms. The molecule has 3 aromatic rings. The van der Waals surface area contributed by atoms with Crippen molar-refractivity contribution in [3.8, 4) is 23.1 Å². The van der Waals surface area contributed by atoms with Crippen molar-refractivity contribution in [2.45, 2.75) is 0 Å². The Morgan fingerprint density at radius 2 is 1.48 bits per heavy atom. The topological polar surface area (TPSA) is 31.4 Å². The van der Waals surface area contributed by atoms with Crippen molar-refractivity contribution in [2.24, 2.45) is 0 Å². The van der Waals surface area contributed by atoms with E-state index < -0.39 is 0 Å². The van der Waals surface area contributed by atoms with Gasteiger partial charge in [0.25, 0.3) is 5.88 Å². The number of para-hydroxylation sites is 1. The van der Waals surface area contributed by atoms with E-state index in [1.807, 2.05) is 30.3 Å². The third-order valence-electron chi connectivity index (χ3n) is 2.83. The predicted octanol–water partition coefficient (Wildman–Crippen LogP) is 5.97. The first-order valence-electron chi connectivity index (χ1n) is 6.54. The molecule has 2 aromatic carbocycles. The molecule has 0 aliphatic rings. The van der Waals surface area contributed by atoms with Gasteiger partial charge >= 0.3 is 0 Å². The van der Waals surface area contributed by atoms with E-state index in [2.05, 4.69) is 4.98 Å². The Morgan fingerprint density at radius 1 is 0.739 bits per heavy atom. The third-order valence-corrected chi connectivity index (χ3v) is 3.63. The SMILES string of the molecule is Clc1cccc(Oc2ncccc2Oc2ccccc2)c1Cl.[Ti]. The van der Waals surface area contributed by atoms with Gasteiger partial charge in [0, 0.05) is 27.9 Å². The van der Waals surface area contributed by atoms with Gasteiger partial charge in [0.15, 0.2) is 5.75 Å². The molecule has 1 heterocycles. The van der Waals surface area contributed by atoms with Gasteiger partial charge in [-0.3, -0.25) is 0 Å². The molecule has 1 aromatic heterocycles. The first-order valence-corrected chi connectivity index (χ1v) is 7.29. The van der Waals surface area contributed by atoms with Gasteiger partial charge < -0.3 is 9.47 Å². The summed E-state index contributed by atoms with van der Waals surface area (Å²) in [5.41, 5.74) is 0. The smallest absolute Gasteiger partial charge is 0.263 e. The van der Waals surface area contributed by atoms with E-state index in [1.54, 1.807) is 36.5 Å². The van der Waals surface area contributed by atoms with Crippen molar-refractivity contribution in [3.63, 3.8) is 0 Å². The molecule has 0 N–H and O–H groups in total. The number of aromatic nitrogens is 1. The maximum absolute atomic E-state index is 6.13. The third kappa shape index (κ3) is 4.49. The van der Waals surface area contributed by atoms with Gasteiger partial charge in [-0.15, -0.1) is 0 Å². The molecule has 114 valence electrons. The second-order valence-electron chi connectivity index (χ2n) is 4.38. The van der Waals surface area contributed by atoms with Crippen molar-refractivity contribution >= 4 is 23.2 Å². The van der Waals surface area contributed by atoms with Crippen LogP contribution >= 0.6 is 23.2 Å². The van der Waals surface area contributed by atoms with Crippen molar-refractivity contribution in [1.29, 1.82) is 0 Å². The maximum atomic E-state index is 6.13. The summed E-state index contributed by atoms with van der Waals surface area (Å²) in [4.78, 5) is 4.19. The average Bonchev–Trinajstić information content (AvgIpc) is 2.55. The summed E-state index contributed by atoms with van der Waals surface area (Å²) in [7, 11) is 0. The molecule has 0 aliphatic carbocycles. The van der Waals surface area contributed by atoms with Crippen LogP contribution in [0.15, 0.2) is 66.9 Å². The van der Waals surface area contributed by atoms with E-state index in [-0.39, 0.29) is 21.7 Å². The number of halogens is 2. The van der Waals surface area contributed by atoms with Gasteiger partial charge in [-0.2, -0.15) is 0 Å². The van der Waals surface area contributed by atoms with Crippen molar-refractivity contribution < 1.29 is 31.2 Å². The first kappa shape index (κ1) is 17.8. The number of rotatable bonds is 4. The molecule has 0 saturated carbocycles. The Labute approximate surface area is 159 Å². The fourth-order valence-electron chi connectivity index (χ4n) is 1.81. The molecule has 0 bridgehead atoms. The monoisotopic (exact) mass is 379 g/mol. The zero-order valence-electron chi connectivity index (χ0n) is 11.9. The summed E-state index contributed by atoms with van der Waals surface area (Å²) in [6.07, 6.45) is 1.62. The molecule has 0 fully saturated rings. The quantitative estimate of drug-likeness (QED) is 0.523. The molecule has 0 aliphatic heterocycles. The molecule has 0 radical (unpaired) electrons. The van der Waals surface area contributed by atoms with Crippen molar-refractivity contribution in [1.82, 2.24) is 4.98 Å². The van der Waals surface area contributed by atoms with Gasteiger partial charge in [-0.05, 0) is 36.4 Å². The van der Waals surface area contributed by atoms with Crippen LogP contribution in [0.2, 0.25) is 10.0 Å². The summed E-state index contributed by atoms with van der Waals surface area (Å²) in [5, 5.41) is 0.751. The summed E-state index contributed by atoms with van der Waals surface area (Å²) in [6, 6.07) is 18.1.